The number of fused-ring (bicyclic) bond motifs is 1. The summed E-state index contributed by atoms with van der Waals surface area (Å²) in [5.74, 6) is 0.0230. The molecule has 3 aromatic heterocycles. The van der Waals surface area contributed by atoms with Gasteiger partial charge in [-0.2, -0.15) is 5.10 Å². The van der Waals surface area contributed by atoms with E-state index in [0.29, 0.717) is 19.4 Å². The van der Waals surface area contributed by atoms with E-state index in [1.54, 1.807) is 12.4 Å². The van der Waals surface area contributed by atoms with Crippen LogP contribution in [0.15, 0.2) is 48.8 Å². The molecular weight excluding hydrogens is 386 g/mol. The third-order valence-corrected chi connectivity index (χ3v) is 5.67. The van der Waals surface area contributed by atoms with E-state index in [9.17, 15) is 4.79 Å². The Morgan fingerprint density at radius 1 is 1.03 bits per heavy atom. The molecule has 0 aliphatic rings. The summed E-state index contributed by atoms with van der Waals surface area (Å²) in [5, 5.41) is 8.80. The highest BCUT2D eigenvalue weighted by Gasteiger charge is 2.18. The number of pyridine rings is 2. The molecule has 0 aliphatic heterocycles. The summed E-state index contributed by atoms with van der Waals surface area (Å²) in [6, 6.07) is 12.1. The molecule has 0 radical (unpaired) electrons. The molecule has 6 heteroatoms. The van der Waals surface area contributed by atoms with Gasteiger partial charge in [-0.05, 0) is 69.0 Å². The molecule has 4 rings (SSSR count). The Morgan fingerprint density at radius 3 is 2.52 bits per heavy atom. The average molecular weight is 414 g/mol. The van der Waals surface area contributed by atoms with Gasteiger partial charge in [0.25, 0.3) is 0 Å². The van der Waals surface area contributed by atoms with E-state index in [0.717, 1.165) is 44.8 Å². The van der Waals surface area contributed by atoms with Gasteiger partial charge in [0.2, 0.25) is 5.91 Å². The van der Waals surface area contributed by atoms with E-state index in [2.05, 4.69) is 48.4 Å². The summed E-state index contributed by atoms with van der Waals surface area (Å²) in [6.07, 6.45) is 4.55. The molecule has 0 fully saturated rings. The van der Waals surface area contributed by atoms with E-state index < -0.39 is 0 Å². The Kier molecular flexibility index (Phi) is 5.80. The lowest BCUT2D eigenvalue weighted by molar-refractivity contribution is -0.121. The van der Waals surface area contributed by atoms with Crippen LogP contribution in [-0.4, -0.2) is 25.7 Å². The number of benzene rings is 1. The summed E-state index contributed by atoms with van der Waals surface area (Å²) in [4.78, 5) is 21.4. The summed E-state index contributed by atoms with van der Waals surface area (Å²) in [7, 11) is 0. The zero-order valence-electron chi connectivity index (χ0n) is 18.4. The Hall–Kier alpha value is -3.54. The van der Waals surface area contributed by atoms with Crippen molar-refractivity contribution < 1.29 is 4.79 Å². The Balaban J connectivity index is 1.55. The molecule has 0 atom stereocenters. The Bertz CT molecular complexity index is 1230. The minimum Gasteiger partial charge on any atom is -0.352 e. The van der Waals surface area contributed by atoms with Crippen LogP contribution in [0.4, 0.5) is 0 Å². The second-order valence-corrected chi connectivity index (χ2v) is 7.97. The molecule has 0 bridgehead atoms. The van der Waals surface area contributed by atoms with Crippen LogP contribution in [0.5, 0.6) is 0 Å². The van der Waals surface area contributed by atoms with E-state index in [1.807, 2.05) is 30.7 Å². The standard InChI is InChI=1S/C25H27N5O/c1-16-7-9-21(10-8-16)30-25-24(19(4)29-30)17(2)22(18(3)28-25)11-12-23(31)27-15-20-6-5-13-26-14-20/h5-10,13-14H,11-12,15H2,1-4H3,(H,27,31). The van der Waals surface area contributed by atoms with Gasteiger partial charge >= 0.3 is 0 Å². The van der Waals surface area contributed by atoms with E-state index in [-0.39, 0.29) is 5.91 Å². The third kappa shape index (κ3) is 4.33. The zero-order chi connectivity index (χ0) is 22.0. The number of hydrogen-bond acceptors (Lipinski definition) is 4. The van der Waals surface area contributed by atoms with Crippen molar-refractivity contribution in [1.82, 2.24) is 25.1 Å². The van der Waals surface area contributed by atoms with Crippen molar-refractivity contribution in [2.24, 2.45) is 0 Å². The van der Waals surface area contributed by atoms with Crippen LogP contribution < -0.4 is 5.32 Å². The van der Waals surface area contributed by atoms with Crippen LogP contribution in [0.3, 0.4) is 0 Å². The number of hydrogen-bond donors (Lipinski definition) is 1. The summed E-state index contributed by atoms with van der Waals surface area (Å²) in [5.41, 5.74) is 8.22. The van der Waals surface area contributed by atoms with Gasteiger partial charge in [0, 0.05) is 36.4 Å². The summed E-state index contributed by atoms with van der Waals surface area (Å²) >= 11 is 0. The van der Waals surface area contributed by atoms with Crippen molar-refractivity contribution in [3.05, 3.63) is 82.4 Å². The second kappa shape index (κ2) is 8.68. The number of nitrogens with zero attached hydrogens (tertiary/aromatic N) is 4. The maximum absolute atomic E-state index is 12.4. The normalized spacial score (nSPS) is 11.1. The number of aromatic nitrogens is 4. The summed E-state index contributed by atoms with van der Waals surface area (Å²) < 4.78 is 1.91. The Labute approximate surface area is 182 Å². The first kappa shape index (κ1) is 20.7. The van der Waals surface area contributed by atoms with Crippen molar-refractivity contribution in [3.8, 4) is 5.69 Å². The minimum atomic E-state index is 0.0230. The first-order valence-electron chi connectivity index (χ1n) is 10.5. The van der Waals surface area contributed by atoms with Gasteiger partial charge < -0.3 is 5.32 Å². The van der Waals surface area contributed by atoms with Crippen LogP contribution in [0, 0.1) is 27.7 Å². The van der Waals surface area contributed by atoms with Crippen LogP contribution in [0.25, 0.3) is 16.7 Å². The highest BCUT2D eigenvalue weighted by Crippen LogP contribution is 2.28. The lowest BCUT2D eigenvalue weighted by Gasteiger charge is -2.12. The number of rotatable bonds is 6. The zero-order valence-corrected chi connectivity index (χ0v) is 18.4. The largest absolute Gasteiger partial charge is 0.352 e. The average Bonchev–Trinajstić information content (AvgIpc) is 3.09. The maximum Gasteiger partial charge on any atom is 0.220 e. The minimum absolute atomic E-state index is 0.0230. The SMILES string of the molecule is Cc1ccc(-n2nc(C)c3c(C)c(CCC(=O)NCc4cccnc4)c(C)nc32)cc1. The van der Waals surface area contributed by atoms with E-state index in [1.165, 1.54) is 5.56 Å². The quantitative estimate of drug-likeness (QED) is 0.512. The van der Waals surface area contributed by atoms with Crippen molar-refractivity contribution in [2.75, 3.05) is 0 Å². The molecule has 0 spiro atoms. The monoisotopic (exact) mass is 413 g/mol. The molecule has 3 heterocycles. The van der Waals surface area contributed by atoms with Gasteiger partial charge in [-0.1, -0.05) is 23.8 Å². The molecular formula is C25H27N5O. The lowest BCUT2D eigenvalue weighted by Crippen LogP contribution is -2.23. The number of carbonyl (C=O) groups is 1. The molecule has 0 saturated heterocycles. The Morgan fingerprint density at radius 2 is 1.81 bits per heavy atom. The molecule has 0 unspecified atom stereocenters. The molecule has 31 heavy (non-hydrogen) atoms. The second-order valence-electron chi connectivity index (χ2n) is 7.97. The van der Waals surface area contributed by atoms with Crippen LogP contribution in [-0.2, 0) is 17.8 Å². The predicted molar refractivity (Wildman–Crippen MR) is 122 cm³/mol. The molecule has 6 nitrogen and oxygen atoms in total. The maximum atomic E-state index is 12.4. The molecule has 0 aliphatic carbocycles. The first-order valence-corrected chi connectivity index (χ1v) is 10.5. The number of aryl methyl sites for hydroxylation is 4. The molecule has 0 saturated carbocycles. The van der Waals surface area contributed by atoms with Gasteiger partial charge in [0.05, 0.1) is 11.4 Å². The van der Waals surface area contributed by atoms with Crippen molar-refractivity contribution in [2.45, 2.75) is 47.1 Å². The van der Waals surface area contributed by atoms with Crippen molar-refractivity contribution in [3.63, 3.8) is 0 Å². The van der Waals surface area contributed by atoms with E-state index in [4.69, 9.17) is 10.1 Å². The fourth-order valence-electron chi connectivity index (χ4n) is 3.97. The molecule has 4 aromatic rings. The van der Waals surface area contributed by atoms with Gasteiger partial charge in [-0.25, -0.2) is 9.67 Å². The fourth-order valence-corrected chi connectivity index (χ4v) is 3.97. The topological polar surface area (TPSA) is 72.7 Å². The van der Waals surface area contributed by atoms with Crippen LogP contribution in [0.2, 0.25) is 0 Å². The van der Waals surface area contributed by atoms with Crippen LogP contribution in [0.1, 0.15) is 40.1 Å². The smallest absolute Gasteiger partial charge is 0.220 e. The third-order valence-electron chi connectivity index (χ3n) is 5.67. The highest BCUT2D eigenvalue weighted by atomic mass is 16.1. The van der Waals surface area contributed by atoms with Crippen molar-refractivity contribution >= 4 is 16.9 Å². The lowest BCUT2D eigenvalue weighted by atomic mass is 9.99. The fraction of sp³-hybridized carbons (Fsp3) is 0.280. The molecule has 1 N–H and O–H groups in total. The number of amides is 1. The number of nitrogens with one attached hydrogen (secondary N) is 1. The molecule has 158 valence electrons. The molecule has 1 amide bonds. The highest BCUT2D eigenvalue weighted by molar-refractivity contribution is 5.85. The van der Waals surface area contributed by atoms with Gasteiger partial charge in [0.15, 0.2) is 5.65 Å². The molecule has 1 aromatic carbocycles. The van der Waals surface area contributed by atoms with Crippen LogP contribution >= 0.6 is 0 Å². The summed E-state index contributed by atoms with van der Waals surface area (Å²) in [6.45, 7) is 8.69. The van der Waals surface area contributed by atoms with Gasteiger partial charge in [-0.15, -0.1) is 0 Å². The number of carbonyl (C=O) groups excluding carboxylic acids is 1. The first-order chi connectivity index (χ1) is 14.9. The van der Waals surface area contributed by atoms with E-state index >= 15 is 0 Å². The van der Waals surface area contributed by atoms with Crippen molar-refractivity contribution in [1.29, 1.82) is 0 Å². The van der Waals surface area contributed by atoms with Gasteiger partial charge in [-0.3, -0.25) is 9.78 Å². The predicted octanol–water partition coefficient (Wildman–Crippen LogP) is 4.30. The van der Waals surface area contributed by atoms with Gasteiger partial charge in [0.1, 0.15) is 0 Å².